The van der Waals surface area contributed by atoms with Gasteiger partial charge in [-0.3, -0.25) is 0 Å². The number of thioether (sulfide) groups is 1. The average Bonchev–Trinajstić information content (AvgIpc) is 2.33. The van der Waals surface area contributed by atoms with Gasteiger partial charge >= 0.3 is 0 Å². The molecule has 1 fully saturated rings. The van der Waals surface area contributed by atoms with Crippen LogP contribution in [-0.2, 0) is 4.74 Å². The van der Waals surface area contributed by atoms with Gasteiger partial charge in [-0.25, -0.2) is 4.39 Å². The van der Waals surface area contributed by atoms with Crippen molar-refractivity contribution < 1.29 is 9.13 Å². The first-order chi connectivity index (χ1) is 7.79. The van der Waals surface area contributed by atoms with Crippen LogP contribution in [0.4, 0.5) is 4.39 Å². The van der Waals surface area contributed by atoms with Gasteiger partial charge in [0.1, 0.15) is 11.9 Å². The van der Waals surface area contributed by atoms with Crippen molar-refractivity contribution in [1.29, 1.82) is 5.26 Å². The van der Waals surface area contributed by atoms with Crippen molar-refractivity contribution in [2.75, 3.05) is 13.2 Å². The largest absolute Gasteiger partial charge is 0.381 e. The fourth-order valence-electron chi connectivity index (χ4n) is 1.67. The zero-order valence-corrected chi connectivity index (χ0v) is 9.60. The standard InChI is InChI=1S/C12H12FNOS/c13-10-1-2-12(9(7-10)8-14)16-11-3-5-15-6-4-11/h1-2,7,11H,3-6H2. The lowest BCUT2D eigenvalue weighted by molar-refractivity contribution is 0.100. The fraction of sp³-hybridized carbons (Fsp3) is 0.417. The lowest BCUT2D eigenvalue weighted by Gasteiger charge is -2.21. The van der Waals surface area contributed by atoms with E-state index in [0.29, 0.717) is 10.8 Å². The summed E-state index contributed by atoms with van der Waals surface area (Å²) in [5.41, 5.74) is 0.427. The maximum absolute atomic E-state index is 12.9. The maximum Gasteiger partial charge on any atom is 0.124 e. The van der Waals surface area contributed by atoms with E-state index in [1.807, 2.05) is 6.07 Å². The molecular formula is C12H12FNOS. The molecule has 1 aliphatic rings. The molecule has 0 aromatic heterocycles. The molecule has 4 heteroatoms. The molecule has 0 spiro atoms. The van der Waals surface area contributed by atoms with Crippen LogP contribution in [0.15, 0.2) is 23.1 Å². The molecule has 0 aliphatic carbocycles. The molecule has 16 heavy (non-hydrogen) atoms. The summed E-state index contributed by atoms with van der Waals surface area (Å²) < 4.78 is 18.2. The summed E-state index contributed by atoms with van der Waals surface area (Å²) in [7, 11) is 0. The van der Waals surface area contributed by atoms with Crippen LogP contribution in [0, 0.1) is 17.1 Å². The van der Waals surface area contributed by atoms with Gasteiger partial charge in [0.05, 0.1) is 5.56 Å². The van der Waals surface area contributed by atoms with Crippen LogP contribution >= 0.6 is 11.8 Å². The number of hydrogen-bond donors (Lipinski definition) is 0. The van der Waals surface area contributed by atoms with Gasteiger partial charge in [-0.15, -0.1) is 11.8 Å². The normalized spacial score (nSPS) is 17.0. The van der Waals surface area contributed by atoms with Gasteiger partial charge in [-0.2, -0.15) is 5.26 Å². The zero-order valence-electron chi connectivity index (χ0n) is 8.78. The van der Waals surface area contributed by atoms with E-state index in [2.05, 4.69) is 0 Å². The minimum Gasteiger partial charge on any atom is -0.381 e. The molecule has 1 aromatic carbocycles. The highest BCUT2D eigenvalue weighted by molar-refractivity contribution is 8.00. The highest BCUT2D eigenvalue weighted by atomic mass is 32.2. The molecule has 2 nitrogen and oxygen atoms in total. The third-order valence-electron chi connectivity index (χ3n) is 2.52. The predicted octanol–water partition coefficient (Wildman–Crippen LogP) is 2.97. The van der Waals surface area contributed by atoms with E-state index in [4.69, 9.17) is 10.00 Å². The zero-order chi connectivity index (χ0) is 11.4. The lowest BCUT2D eigenvalue weighted by atomic mass is 10.2. The van der Waals surface area contributed by atoms with E-state index < -0.39 is 0 Å². The second-order valence-corrected chi connectivity index (χ2v) is 5.02. The summed E-state index contributed by atoms with van der Waals surface area (Å²) >= 11 is 1.66. The smallest absolute Gasteiger partial charge is 0.124 e. The van der Waals surface area contributed by atoms with Crippen molar-refractivity contribution >= 4 is 11.8 Å². The number of nitriles is 1. The molecule has 0 N–H and O–H groups in total. The molecule has 84 valence electrons. The maximum atomic E-state index is 12.9. The highest BCUT2D eigenvalue weighted by Crippen LogP contribution is 2.32. The number of benzene rings is 1. The topological polar surface area (TPSA) is 33.0 Å². The quantitative estimate of drug-likeness (QED) is 0.792. The van der Waals surface area contributed by atoms with Crippen LogP contribution in [0.2, 0.25) is 0 Å². The van der Waals surface area contributed by atoms with Crippen molar-refractivity contribution in [3.63, 3.8) is 0 Å². The number of ether oxygens (including phenoxy) is 1. The summed E-state index contributed by atoms with van der Waals surface area (Å²) in [5, 5.41) is 9.40. The molecule has 0 atom stereocenters. The Morgan fingerprint density at radius 3 is 2.81 bits per heavy atom. The van der Waals surface area contributed by atoms with Crippen LogP contribution in [0.1, 0.15) is 18.4 Å². The van der Waals surface area contributed by atoms with Crippen LogP contribution in [0.25, 0.3) is 0 Å². The monoisotopic (exact) mass is 237 g/mol. The van der Waals surface area contributed by atoms with Gasteiger partial charge in [0.2, 0.25) is 0 Å². The van der Waals surface area contributed by atoms with Crippen LogP contribution in [0.5, 0.6) is 0 Å². The van der Waals surface area contributed by atoms with E-state index in [1.165, 1.54) is 12.1 Å². The summed E-state index contributed by atoms with van der Waals surface area (Å²) in [5.74, 6) is -0.354. The Morgan fingerprint density at radius 2 is 2.12 bits per heavy atom. The summed E-state index contributed by atoms with van der Waals surface area (Å²) in [4.78, 5) is 0.871. The first-order valence-electron chi connectivity index (χ1n) is 5.23. The van der Waals surface area contributed by atoms with Gasteiger partial charge in [0.25, 0.3) is 0 Å². The van der Waals surface area contributed by atoms with E-state index in [0.717, 1.165) is 31.0 Å². The second-order valence-electron chi connectivity index (χ2n) is 3.68. The molecular weight excluding hydrogens is 225 g/mol. The SMILES string of the molecule is N#Cc1cc(F)ccc1SC1CCOCC1. The Balaban J connectivity index is 2.11. The second kappa shape index (κ2) is 5.33. The van der Waals surface area contributed by atoms with E-state index in [1.54, 1.807) is 17.8 Å². The molecule has 0 saturated carbocycles. The van der Waals surface area contributed by atoms with Gasteiger partial charge in [-0.1, -0.05) is 0 Å². The first kappa shape index (κ1) is 11.4. The summed E-state index contributed by atoms with van der Waals surface area (Å²) in [6.45, 7) is 1.56. The van der Waals surface area contributed by atoms with Crippen molar-refractivity contribution in [3.05, 3.63) is 29.6 Å². The average molecular weight is 237 g/mol. The van der Waals surface area contributed by atoms with E-state index >= 15 is 0 Å². The van der Waals surface area contributed by atoms with Gasteiger partial charge < -0.3 is 4.74 Å². The highest BCUT2D eigenvalue weighted by Gasteiger charge is 2.16. The van der Waals surface area contributed by atoms with Crippen molar-refractivity contribution in [2.24, 2.45) is 0 Å². The third kappa shape index (κ3) is 2.75. The van der Waals surface area contributed by atoms with Crippen LogP contribution < -0.4 is 0 Å². The summed E-state index contributed by atoms with van der Waals surface area (Å²) in [6.07, 6.45) is 1.99. The van der Waals surface area contributed by atoms with Gasteiger partial charge in [0.15, 0.2) is 0 Å². The molecule has 0 amide bonds. The van der Waals surface area contributed by atoms with E-state index in [9.17, 15) is 4.39 Å². The fourth-order valence-corrected chi connectivity index (χ4v) is 2.83. The predicted molar refractivity (Wildman–Crippen MR) is 60.8 cm³/mol. The molecule has 2 rings (SSSR count). The lowest BCUT2D eigenvalue weighted by Crippen LogP contribution is -2.17. The molecule has 1 aromatic rings. The summed E-state index contributed by atoms with van der Waals surface area (Å²) in [6, 6.07) is 6.42. The number of halogens is 1. The minimum atomic E-state index is -0.354. The Kier molecular flexibility index (Phi) is 3.81. The minimum absolute atomic E-state index is 0.354. The van der Waals surface area contributed by atoms with Crippen molar-refractivity contribution in [1.82, 2.24) is 0 Å². The third-order valence-corrected chi connectivity index (χ3v) is 3.94. The molecule has 0 bridgehead atoms. The molecule has 0 radical (unpaired) electrons. The van der Waals surface area contributed by atoms with Crippen LogP contribution in [0.3, 0.4) is 0 Å². The molecule has 1 aliphatic heterocycles. The van der Waals surface area contributed by atoms with Crippen molar-refractivity contribution in [3.8, 4) is 6.07 Å². The Morgan fingerprint density at radius 1 is 1.38 bits per heavy atom. The van der Waals surface area contributed by atoms with Crippen molar-refractivity contribution in [2.45, 2.75) is 23.0 Å². The number of nitrogens with zero attached hydrogens (tertiary/aromatic N) is 1. The van der Waals surface area contributed by atoms with Gasteiger partial charge in [-0.05, 0) is 31.0 Å². The Hall–Kier alpha value is -1.05. The van der Waals surface area contributed by atoms with Gasteiger partial charge in [0, 0.05) is 23.4 Å². The first-order valence-corrected chi connectivity index (χ1v) is 6.11. The molecule has 1 heterocycles. The van der Waals surface area contributed by atoms with Crippen LogP contribution in [-0.4, -0.2) is 18.5 Å². The Bertz CT molecular complexity index is 410. The molecule has 0 unspecified atom stereocenters. The number of rotatable bonds is 2. The Labute approximate surface area is 98.4 Å². The number of hydrogen-bond acceptors (Lipinski definition) is 3. The molecule has 1 saturated heterocycles. The van der Waals surface area contributed by atoms with E-state index in [-0.39, 0.29) is 5.82 Å².